The lowest BCUT2D eigenvalue weighted by atomic mass is 10.1. The fourth-order valence-corrected chi connectivity index (χ4v) is 1.90. The van der Waals surface area contributed by atoms with Gasteiger partial charge in [-0.1, -0.05) is 5.16 Å². The summed E-state index contributed by atoms with van der Waals surface area (Å²) in [7, 11) is 1.58. The van der Waals surface area contributed by atoms with Gasteiger partial charge in [-0.05, 0) is 6.07 Å². The molecule has 18 heavy (non-hydrogen) atoms. The molecule has 0 spiro atoms. The predicted molar refractivity (Wildman–Crippen MR) is 63.9 cm³/mol. The number of ether oxygens (including phenoxy) is 3. The molecule has 0 saturated heterocycles. The number of methoxy groups -OCH3 is 1. The number of benzene rings is 1. The number of aromatic nitrogens is 1. The van der Waals surface area contributed by atoms with E-state index in [2.05, 4.69) is 5.16 Å². The van der Waals surface area contributed by atoms with Gasteiger partial charge in [0.15, 0.2) is 11.5 Å². The molecule has 1 aliphatic rings. The minimum atomic E-state index is 0.241. The number of hydrogen-bond donors (Lipinski definition) is 1. The topological polar surface area (TPSA) is 79.7 Å². The van der Waals surface area contributed by atoms with Crippen LogP contribution >= 0.6 is 0 Å². The van der Waals surface area contributed by atoms with Gasteiger partial charge in [0.2, 0.25) is 5.88 Å². The third-order valence-corrected chi connectivity index (χ3v) is 2.75. The Labute approximate surface area is 103 Å². The molecule has 0 unspecified atom stereocenters. The molecule has 0 bridgehead atoms. The van der Waals surface area contributed by atoms with Gasteiger partial charge in [0.25, 0.3) is 0 Å². The highest BCUT2D eigenvalue weighted by molar-refractivity contribution is 5.79. The summed E-state index contributed by atoms with van der Waals surface area (Å²) >= 11 is 0. The van der Waals surface area contributed by atoms with E-state index in [0.29, 0.717) is 36.0 Å². The third-order valence-electron chi connectivity index (χ3n) is 2.75. The summed E-state index contributed by atoms with van der Waals surface area (Å²) in [5, 5.41) is 3.66. The first-order valence-electron chi connectivity index (χ1n) is 5.47. The van der Waals surface area contributed by atoms with Crippen LogP contribution < -0.4 is 19.9 Å². The summed E-state index contributed by atoms with van der Waals surface area (Å²) in [6.45, 7) is 1.06. The highest BCUT2D eigenvalue weighted by atomic mass is 16.6. The molecule has 1 aliphatic heterocycles. The zero-order chi connectivity index (χ0) is 12.5. The molecule has 0 saturated carbocycles. The normalized spacial score (nSPS) is 13.4. The first kappa shape index (κ1) is 10.8. The van der Waals surface area contributed by atoms with E-state index in [1.165, 1.54) is 0 Å². The van der Waals surface area contributed by atoms with E-state index in [0.717, 1.165) is 5.56 Å². The van der Waals surface area contributed by atoms with Crippen LogP contribution in [0.3, 0.4) is 0 Å². The molecule has 2 aromatic rings. The lowest BCUT2D eigenvalue weighted by Crippen LogP contribution is -2.15. The zero-order valence-electron chi connectivity index (χ0n) is 9.80. The van der Waals surface area contributed by atoms with Crippen molar-refractivity contribution in [3.05, 3.63) is 18.3 Å². The fourth-order valence-electron chi connectivity index (χ4n) is 1.90. The van der Waals surface area contributed by atoms with Crippen molar-refractivity contribution in [1.29, 1.82) is 0 Å². The minimum Gasteiger partial charge on any atom is -0.496 e. The predicted octanol–water partition coefficient (Wildman–Crippen LogP) is 1.70. The van der Waals surface area contributed by atoms with Gasteiger partial charge in [-0.2, -0.15) is 0 Å². The maximum absolute atomic E-state index is 5.72. The molecule has 0 atom stereocenters. The molecular formula is C12H12N2O4. The van der Waals surface area contributed by atoms with Crippen LogP contribution in [0.15, 0.2) is 22.9 Å². The number of nitrogens with two attached hydrogens (primary N) is 1. The number of fused-ring (bicyclic) bond motifs is 1. The minimum absolute atomic E-state index is 0.241. The Kier molecular flexibility index (Phi) is 2.47. The molecule has 0 aliphatic carbocycles. The van der Waals surface area contributed by atoms with Crippen LogP contribution in [0.5, 0.6) is 17.2 Å². The van der Waals surface area contributed by atoms with Crippen LogP contribution in [0.4, 0.5) is 5.88 Å². The standard InChI is InChI=1S/C12H12N2O4/c1-15-9-5-11-10(16-2-3-17-11)4-7(9)8-6-14-18-12(8)13/h4-6H,2-3,13H2,1H3. The fraction of sp³-hybridized carbons (Fsp3) is 0.250. The Balaban J connectivity index is 2.16. The number of nitrogen functional groups attached to an aromatic ring is 1. The zero-order valence-corrected chi connectivity index (χ0v) is 9.80. The molecule has 2 heterocycles. The second kappa shape index (κ2) is 4.14. The summed E-state index contributed by atoms with van der Waals surface area (Å²) in [5.41, 5.74) is 7.15. The molecule has 2 N–H and O–H groups in total. The summed E-state index contributed by atoms with van der Waals surface area (Å²) < 4.78 is 21.2. The van der Waals surface area contributed by atoms with Crippen molar-refractivity contribution in [1.82, 2.24) is 5.16 Å². The van der Waals surface area contributed by atoms with E-state index in [-0.39, 0.29) is 5.88 Å². The molecule has 1 aromatic heterocycles. The SMILES string of the molecule is COc1cc2c(cc1-c1cnoc1N)OCCO2. The first-order chi connectivity index (χ1) is 8.79. The number of anilines is 1. The molecule has 0 radical (unpaired) electrons. The molecule has 6 heteroatoms. The average molecular weight is 248 g/mol. The average Bonchev–Trinajstić information content (AvgIpc) is 2.83. The summed E-state index contributed by atoms with van der Waals surface area (Å²) in [6, 6.07) is 3.59. The Bertz CT molecular complexity index is 579. The van der Waals surface area contributed by atoms with Gasteiger partial charge >= 0.3 is 0 Å². The smallest absolute Gasteiger partial charge is 0.230 e. The monoisotopic (exact) mass is 248 g/mol. The molecule has 0 fully saturated rings. The number of nitrogens with zero attached hydrogens (tertiary/aromatic N) is 1. The van der Waals surface area contributed by atoms with Crippen LogP contribution in [0, 0.1) is 0 Å². The Morgan fingerprint density at radius 1 is 1.17 bits per heavy atom. The Hall–Kier alpha value is -2.37. The van der Waals surface area contributed by atoms with Crippen LogP contribution in [0.1, 0.15) is 0 Å². The molecule has 3 rings (SSSR count). The van der Waals surface area contributed by atoms with Crippen LogP contribution in [0.25, 0.3) is 11.1 Å². The van der Waals surface area contributed by atoms with Crippen LogP contribution in [-0.2, 0) is 0 Å². The van der Waals surface area contributed by atoms with Crippen molar-refractivity contribution in [3.63, 3.8) is 0 Å². The van der Waals surface area contributed by atoms with Crippen molar-refractivity contribution in [2.75, 3.05) is 26.1 Å². The summed E-state index contributed by atoms with van der Waals surface area (Å²) in [5.74, 6) is 2.20. The van der Waals surface area contributed by atoms with Crippen LogP contribution in [0.2, 0.25) is 0 Å². The summed E-state index contributed by atoms with van der Waals surface area (Å²) in [6.07, 6.45) is 1.54. The highest BCUT2D eigenvalue weighted by Gasteiger charge is 2.19. The first-order valence-corrected chi connectivity index (χ1v) is 5.47. The largest absolute Gasteiger partial charge is 0.496 e. The lowest BCUT2D eigenvalue weighted by Gasteiger charge is -2.20. The van der Waals surface area contributed by atoms with Crippen molar-refractivity contribution >= 4 is 5.88 Å². The van der Waals surface area contributed by atoms with E-state index in [4.69, 9.17) is 24.5 Å². The maximum Gasteiger partial charge on any atom is 0.230 e. The maximum atomic E-state index is 5.72. The van der Waals surface area contributed by atoms with E-state index >= 15 is 0 Å². The Morgan fingerprint density at radius 2 is 1.89 bits per heavy atom. The van der Waals surface area contributed by atoms with Gasteiger partial charge in [-0.3, -0.25) is 0 Å². The van der Waals surface area contributed by atoms with Crippen molar-refractivity contribution in [3.8, 4) is 28.4 Å². The summed E-state index contributed by atoms with van der Waals surface area (Å²) in [4.78, 5) is 0. The molecule has 0 amide bonds. The molecular weight excluding hydrogens is 236 g/mol. The molecule has 6 nitrogen and oxygen atoms in total. The van der Waals surface area contributed by atoms with Crippen molar-refractivity contribution < 1.29 is 18.7 Å². The third kappa shape index (κ3) is 1.62. The van der Waals surface area contributed by atoms with Gasteiger partial charge in [0.1, 0.15) is 19.0 Å². The van der Waals surface area contributed by atoms with E-state index in [9.17, 15) is 0 Å². The Morgan fingerprint density at radius 3 is 2.50 bits per heavy atom. The quantitative estimate of drug-likeness (QED) is 0.871. The number of rotatable bonds is 2. The molecule has 94 valence electrons. The van der Waals surface area contributed by atoms with Gasteiger partial charge in [-0.15, -0.1) is 0 Å². The van der Waals surface area contributed by atoms with Gasteiger partial charge in [-0.25, -0.2) is 0 Å². The van der Waals surface area contributed by atoms with Gasteiger partial charge in [0, 0.05) is 11.6 Å². The highest BCUT2D eigenvalue weighted by Crippen LogP contribution is 2.42. The van der Waals surface area contributed by atoms with E-state index in [1.807, 2.05) is 6.07 Å². The number of hydrogen-bond acceptors (Lipinski definition) is 6. The van der Waals surface area contributed by atoms with Gasteiger partial charge in [0.05, 0.1) is 18.9 Å². The second-order valence-corrected chi connectivity index (χ2v) is 3.80. The van der Waals surface area contributed by atoms with Crippen molar-refractivity contribution in [2.24, 2.45) is 0 Å². The lowest BCUT2D eigenvalue weighted by molar-refractivity contribution is 0.171. The van der Waals surface area contributed by atoms with E-state index < -0.39 is 0 Å². The van der Waals surface area contributed by atoms with Crippen molar-refractivity contribution in [2.45, 2.75) is 0 Å². The second-order valence-electron chi connectivity index (χ2n) is 3.80. The van der Waals surface area contributed by atoms with E-state index in [1.54, 1.807) is 19.4 Å². The van der Waals surface area contributed by atoms with Crippen LogP contribution in [-0.4, -0.2) is 25.5 Å². The van der Waals surface area contributed by atoms with Gasteiger partial charge < -0.3 is 24.5 Å². The molecule has 1 aromatic carbocycles.